The average molecular weight is 304 g/mol. The minimum Gasteiger partial charge on any atom is -0.392 e. The molecule has 2 aromatic rings. The Morgan fingerprint density at radius 3 is 2.86 bits per heavy atom. The van der Waals surface area contributed by atoms with E-state index in [2.05, 4.69) is 4.98 Å². The number of fused-ring (bicyclic) bond motifs is 1. The van der Waals surface area contributed by atoms with Crippen LogP contribution in [0.1, 0.15) is 35.1 Å². The van der Waals surface area contributed by atoms with Crippen LogP contribution in [0.2, 0.25) is 0 Å². The molecule has 0 saturated heterocycles. The number of anilines is 1. The molecule has 2 N–H and O–H groups in total. The van der Waals surface area contributed by atoms with Crippen LogP contribution in [-0.4, -0.2) is 29.3 Å². The van der Waals surface area contributed by atoms with Gasteiger partial charge in [-0.25, -0.2) is 4.98 Å². The summed E-state index contributed by atoms with van der Waals surface area (Å²) >= 11 is 1.57. The Bertz CT molecular complexity index is 652. The van der Waals surface area contributed by atoms with Crippen molar-refractivity contribution in [2.75, 3.05) is 19.0 Å². The molecular formula is C16H20N2O2S. The maximum absolute atomic E-state index is 10.1. The molecule has 0 fully saturated rings. The highest BCUT2D eigenvalue weighted by atomic mass is 32.1. The minimum atomic E-state index is -0.363. The van der Waals surface area contributed by atoms with Crippen LogP contribution < -0.4 is 4.90 Å². The van der Waals surface area contributed by atoms with E-state index in [0.717, 1.165) is 51.7 Å². The number of aliphatic hydroxyl groups is 2. The van der Waals surface area contributed by atoms with Gasteiger partial charge in [-0.2, -0.15) is 0 Å². The first kappa shape index (κ1) is 14.5. The van der Waals surface area contributed by atoms with Crippen LogP contribution in [0, 0.1) is 0 Å². The Kier molecular flexibility index (Phi) is 3.97. The summed E-state index contributed by atoms with van der Waals surface area (Å²) in [5.41, 5.74) is 3.96. The molecule has 0 aliphatic heterocycles. The summed E-state index contributed by atoms with van der Waals surface area (Å²) in [6, 6.07) is 6.04. The molecule has 1 aromatic heterocycles. The zero-order chi connectivity index (χ0) is 15.0. The number of hydrogen-bond acceptors (Lipinski definition) is 5. The van der Waals surface area contributed by atoms with Gasteiger partial charge in [-0.1, -0.05) is 0 Å². The number of thiazole rings is 1. The standard InChI is InChI=1S/C16H20N2O2S/c1-18(2)13-7-6-10(8-11(13)9-19)16-17-12-4-3-5-14(20)15(12)21-16/h6-8,14,19-20H,3-5,9H2,1-2H3. The van der Waals surface area contributed by atoms with Gasteiger partial charge >= 0.3 is 0 Å². The summed E-state index contributed by atoms with van der Waals surface area (Å²) < 4.78 is 0. The fourth-order valence-corrected chi connectivity index (χ4v) is 3.93. The topological polar surface area (TPSA) is 56.6 Å². The molecule has 1 unspecified atom stereocenters. The van der Waals surface area contributed by atoms with E-state index in [-0.39, 0.29) is 12.7 Å². The fraction of sp³-hybridized carbons (Fsp3) is 0.438. The number of nitrogens with zero attached hydrogens (tertiary/aromatic N) is 2. The molecular weight excluding hydrogens is 284 g/mol. The summed E-state index contributed by atoms with van der Waals surface area (Å²) in [4.78, 5) is 7.69. The van der Waals surface area contributed by atoms with Crippen LogP contribution in [0.3, 0.4) is 0 Å². The highest BCUT2D eigenvalue weighted by Crippen LogP contribution is 2.38. The zero-order valence-corrected chi connectivity index (χ0v) is 13.2. The average Bonchev–Trinajstić information content (AvgIpc) is 2.92. The monoisotopic (exact) mass is 304 g/mol. The molecule has 1 atom stereocenters. The van der Waals surface area contributed by atoms with Crippen LogP contribution in [0.15, 0.2) is 18.2 Å². The second-order valence-corrected chi connectivity index (χ2v) is 6.66. The first-order valence-corrected chi connectivity index (χ1v) is 8.01. The predicted molar refractivity (Wildman–Crippen MR) is 85.7 cm³/mol. The maximum atomic E-state index is 10.1. The van der Waals surface area contributed by atoms with Gasteiger partial charge < -0.3 is 15.1 Å². The summed E-state index contributed by atoms with van der Waals surface area (Å²) in [6.07, 6.45) is 2.42. The Morgan fingerprint density at radius 1 is 1.38 bits per heavy atom. The van der Waals surface area contributed by atoms with E-state index >= 15 is 0 Å². The Hall–Kier alpha value is -1.43. The molecule has 5 heteroatoms. The molecule has 0 spiro atoms. The first-order chi connectivity index (χ1) is 10.1. The molecule has 1 aliphatic rings. The second kappa shape index (κ2) is 5.75. The molecule has 21 heavy (non-hydrogen) atoms. The van der Waals surface area contributed by atoms with E-state index in [1.54, 1.807) is 11.3 Å². The minimum absolute atomic E-state index is 0.00900. The van der Waals surface area contributed by atoms with Crippen LogP contribution >= 0.6 is 11.3 Å². The van der Waals surface area contributed by atoms with Crippen LogP contribution in [0.25, 0.3) is 10.6 Å². The number of benzene rings is 1. The van der Waals surface area contributed by atoms with Crippen molar-refractivity contribution in [3.8, 4) is 10.6 Å². The van der Waals surface area contributed by atoms with Crippen molar-refractivity contribution in [1.29, 1.82) is 0 Å². The SMILES string of the molecule is CN(C)c1ccc(-c2nc3c(s2)C(O)CCC3)cc1CO. The number of aromatic nitrogens is 1. The Morgan fingerprint density at radius 2 is 2.19 bits per heavy atom. The normalized spacial score (nSPS) is 17.6. The second-order valence-electron chi connectivity index (χ2n) is 5.63. The highest BCUT2D eigenvalue weighted by molar-refractivity contribution is 7.15. The molecule has 112 valence electrons. The summed E-state index contributed by atoms with van der Waals surface area (Å²) in [5, 5.41) is 20.6. The fourth-order valence-electron chi connectivity index (χ4n) is 2.80. The van der Waals surface area contributed by atoms with E-state index in [1.165, 1.54) is 0 Å². The van der Waals surface area contributed by atoms with Gasteiger partial charge in [0.2, 0.25) is 0 Å². The van der Waals surface area contributed by atoms with Gasteiger partial charge in [-0.05, 0) is 37.5 Å². The predicted octanol–water partition coefficient (Wildman–Crippen LogP) is 2.74. The third kappa shape index (κ3) is 2.69. The van der Waals surface area contributed by atoms with Crippen molar-refractivity contribution in [3.05, 3.63) is 34.3 Å². The van der Waals surface area contributed by atoms with E-state index in [0.29, 0.717) is 0 Å². The molecule has 0 amide bonds. The smallest absolute Gasteiger partial charge is 0.123 e. The number of aliphatic hydroxyl groups excluding tert-OH is 2. The molecule has 1 aromatic carbocycles. The lowest BCUT2D eigenvalue weighted by molar-refractivity contribution is 0.160. The maximum Gasteiger partial charge on any atom is 0.123 e. The lowest BCUT2D eigenvalue weighted by Crippen LogP contribution is -2.11. The lowest BCUT2D eigenvalue weighted by Gasteiger charge is -2.17. The molecule has 3 rings (SSSR count). The number of rotatable bonds is 3. The van der Waals surface area contributed by atoms with Crippen molar-refractivity contribution in [2.45, 2.75) is 32.0 Å². The van der Waals surface area contributed by atoms with Crippen LogP contribution in [0.4, 0.5) is 5.69 Å². The van der Waals surface area contributed by atoms with Crippen LogP contribution in [-0.2, 0) is 13.0 Å². The first-order valence-electron chi connectivity index (χ1n) is 7.19. The summed E-state index contributed by atoms with van der Waals surface area (Å²) in [7, 11) is 3.93. The molecule has 0 saturated carbocycles. The van der Waals surface area contributed by atoms with Gasteiger partial charge in [0, 0.05) is 30.9 Å². The molecule has 1 heterocycles. The van der Waals surface area contributed by atoms with Crippen LogP contribution in [0.5, 0.6) is 0 Å². The van der Waals surface area contributed by atoms with Gasteiger partial charge in [0.05, 0.1) is 23.3 Å². The highest BCUT2D eigenvalue weighted by Gasteiger charge is 2.23. The zero-order valence-electron chi connectivity index (χ0n) is 12.3. The largest absolute Gasteiger partial charge is 0.392 e. The molecule has 4 nitrogen and oxygen atoms in total. The van der Waals surface area contributed by atoms with E-state index in [9.17, 15) is 10.2 Å². The molecule has 0 radical (unpaired) electrons. The quantitative estimate of drug-likeness (QED) is 0.915. The van der Waals surface area contributed by atoms with Crippen molar-refractivity contribution < 1.29 is 10.2 Å². The van der Waals surface area contributed by atoms with Gasteiger partial charge in [-0.3, -0.25) is 0 Å². The van der Waals surface area contributed by atoms with Gasteiger partial charge in [0.15, 0.2) is 0 Å². The Labute approximate surface area is 128 Å². The Balaban J connectivity index is 2.01. The van der Waals surface area contributed by atoms with Gasteiger partial charge in [0.25, 0.3) is 0 Å². The lowest BCUT2D eigenvalue weighted by atomic mass is 10.0. The van der Waals surface area contributed by atoms with Gasteiger partial charge in [-0.15, -0.1) is 11.3 Å². The third-order valence-corrected chi connectivity index (χ3v) is 5.15. The number of hydrogen-bond donors (Lipinski definition) is 2. The van der Waals surface area contributed by atoms with Crippen molar-refractivity contribution in [3.63, 3.8) is 0 Å². The van der Waals surface area contributed by atoms with E-state index in [1.807, 2.05) is 37.2 Å². The summed E-state index contributed by atoms with van der Waals surface area (Å²) in [6.45, 7) is 0.00900. The van der Waals surface area contributed by atoms with Crippen molar-refractivity contribution >= 4 is 17.0 Å². The van der Waals surface area contributed by atoms with E-state index < -0.39 is 0 Å². The molecule has 1 aliphatic carbocycles. The van der Waals surface area contributed by atoms with Crippen molar-refractivity contribution in [2.24, 2.45) is 0 Å². The van der Waals surface area contributed by atoms with Crippen molar-refractivity contribution in [1.82, 2.24) is 4.98 Å². The van der Waals surface area contributed by atoms with E-state index in [4.69, 9.17) is 0 Å². The third-order valence-electron chi connectivity index (χ3n) is 3.90. The molecule has 0 bridgehead atoms. The van der Waals surface area contributed by atoms with Gasteiger partial charge in [0.1, 0.15) is 5.01 Å². The summed E-state index contributed by atoms with van der Waals surface area (Å²) in [5.74, 6) is 0. The number of aryl methyl sites for hydroxylation is 1.